The lowest BCUT2D eigenvalue weighted by atomic mass is 10.3. The summed E-state index contributed by atoms with van der Waals surface area (Å²) < 4.78 is 31.4. The first-order valence-corrected chi connectivity index (χ1v) is 15.8. The van der Waals surface area contributed by atoms with E-state index in [0.717, 1.165) is 16.9 Å². The third kappa shape index (κ3) is 8.95. The SMILES string of the molecule is CCn1c(C=CC=Cc2nc(C(Cl)(Cl)Cl)nc(C(Cl)(Cl)Cl)n2)[n+](CCCCS(=O)(=O)O)c2cc(Cl)c(Cl)cc21. The van der Waals surface area contributed by atoms with Gasteiger partial charge in [0, 0.05) is 18.2 Å². The molecule has 8 nitrogen and oxygen atoms in total. The van der Waals surface area contributed by atoms with Crippen molar-refractivity contribution in [2.45, 2.75) is 40.4 Å². The van der Waals surface area contributed by atoms with Gasteiger partial charge in [0.1, 0.15) is 0 Å². The Labute approximate surface area is 265 Å². The second-order valence-electron chi connectivity index (χ2n) is 8.06. The smallest absolute Gasteiger partial charge is 0.282 e. The molecule has 0 saturated heterocycles. The zero-order valence-corrected chi connectivity index (χ0v) is 26.8. The van der Waals surface area contributed by atoms with Crippen molar-refractivity contribution in [3.05, 3.63) is 57.6 Å². The number of alkyl halides is 6. The number of imidazole rings is 1. The normalized spacial score (nSPS) is 13.4. The Kier molecular flexibility index (Phi) is 11.1. The van der Waals surface area contributed by atoms with E-state index in [1.165, 1.54) is 6.08 Å². The second kappa shape index (κ2) is 13.2. The number of aryl methyl sites for hydroxylation is 2. The molecule has 17 heteroatoms. The predicted octanol–water partition coefficient (Wildman–Crippen LogP) is 7.49. The molecular formula is C22H20Cl8N5O3S+. The molecule has 0 bridgehead atoms. The summed E-state index contributed by atoms with van der Waals surface area (Å²) in [4.78, 5) is 12.2. The van der Waals surface area contributed by atoms with Gasteiger partial charge in [-0.3, -0.25) is 4.55 Å². The first-order valence-electron chi connectivity index (χ1n) is 11.1. The fourth-order valence-corrected chi connectivity index (χ4v) is 5.05. The van der Waals surface area contributed by atoms with E-state index in [1.54, 1.807) is 24.3 Å². The van der Waals surface area contributed by atoms with Crippen LogP contribution in [0.1, 0.15) is 43.1 Å². The molecule has 0 aliphatic rings. The number of hydrogen-bond acceptors (Lipinski definition) is 5. The van der Waals surface area contributed by atoms with Crippen LogP contribution in [0.2, 0.25) is 10.0 Å². The minimum atomic E-state index is -4.05. The van der Waals surface area contributed by atoms with E-state index in [-0.39, 0.29) is 29.6 Å². The molecule has 39 heavy (non-hydrogen) atoms. The van der Waals surface area contributed by atoms with E-state index in [2.05, 4.69) is 15.0 Å². The Hall–Kier alpha value is -0.590. The van der Waals surface area contributed by atoms with Gasteiger partial charge < -0.3 is 0 Å². The van der Waals surface area contributed by atoms with E-state index in [4.69, 9.17) is 97.4 Å². The van der Waals surface area contributed by atoms with Crippen LogP contribution in [0.25, 0.3) is 23.2 Å². The summed E-state index contributed by atoms with van der Waals surface area (Å²) in [5.41, 5.74) is 1.64. The molecule has 0 fully saturated rings. The second-order valence-corrected chi connectivity index (χ2v) is 15.0. The van der Waals surface area contributed by atoms with Gasteiger partial charge in [-0.05, 0) is 25.8 Å². The van der Waals surface area contributed by atoms with Gasteiger partial charge in [0.25, 0.3) is 15.9 Å². The van der Waals surface area contributed by atoms with Crippen LogP contribution in [0.5, 0.6) is 0 Å². The van der Waals surface area contributed by atoms with Crippen molar-refractivity contribution in [1.29, 1.82) is 0 Å². The van der Waals surface area contributed by atoms with Crippen LogP contribution in [-0.2, 0) is 30.8 Å². The van der Waals surface area contributed by atoms with Crippen molar-refractivity contribution < 1.29 is 17.5 Å². The molecule has 0 aliphatic heterocycles. The molecule has 0 aliphatic carbocycles. The fraction of sp³-hybridized carbons (Fsp3) is 0.364. The third-order valence-electron chi connectivity index (χ3n) is 5.26. The van der Waals surface area contributed by atoms with Crippen LogP contribution >= 0.6 is 92.8 Å². The van der Waals surface area contributed by atoms with Crippen LogP contribution in [0.3, 0.4) is 0 Å². The number of hydrogen-bond donors (Lipinski definition) is 1. The van der Waals surface area contributed by atoms with E-state index in [1.807, 2.05) is 22.1 Å². The highest BCUT2D eigenvalue weighted by Crippen LogP contribution is 2.40. The summed E-state index contributed by atoms with van der Waals surface area (Å²) in [7, 11) is -4.05. The van der Waals surface area contributed by atoms with Crippen molar-refractivity contribution in [2.75, 3.05) is 5.75 Å². The summed E-state index contributed by atoms with van der Waals surface area (Å²) >= 11 is 48.1. The van der Waals surface area contributed by atoms with Gasteiger partial charge in [0.05, 0.1) is 28.9 Å². The van der Waals surface area contributed by atoms with Crippen LogP contribution in [0.15, 0.2) is 24.3 Å². The minimum absolute atomic E-state index is 0.0880. The third-order valence-corrected chi connectivity index (χ3v) is 7.80. The molecule has 1 N–H and O–H groups in total. The number of nitrogens with zero attached hydrogens (tertiary/aromatic N) is 5. The molecule has 0 radical (unpaired) electrons. The molecule has 2 aromatic heterocycles. The first-order chi connectivity index (χ1) is 18.0. The molecule has 212 valence electrons. The highest BCUT2D eigenvalue weighted by atomic mass is 35.6. The molecule has 0 spiro atoms. The molecule has 1 aromatic carbocycles. The number of fused-ring (bicyclic) bond motifs is 1. The van der Waals surface area contributed by atoms with Gasteiger partial charge in [-0.25, -0.2) is 24.1 Å². The van der Waals surface area contributed by atoms with Crippen LogP contribution in [0, 0.1) is 0 Å². The van der Waals surface area contributed by atoms with Crippen LogP contribution in [0.4, 0.5) is 0 Å². The average Bonchev–Trinajstić information content (AvgIpc) is 3.09. The highest BCUT2D eigenvalue weighted by molar-refractivity contribution is 7.85. The lowest BCUT2D eigenvalue weighted by molar-refractivity contribution is -0.674. The monoisotopic (exact) mass is 714 g/mol. The zero-order chi connectivity index (χ0) is 29.2. The van der Waals surface area contributed by atoms with Crippen molar-refractivity contribution in [2.24, 2.45) is 0 Å². The number of allylic oxidation sites excluding steroid dienone is 2. The zero-order valence-electron chi connectivity index (χ0n) is 19.9. The van der Waals surface area contributed by atoms with Gasteiger partial charge in [-0.2, -0.15) is 8.42 Å². The number of benzene rings is 1. The Bertz CT molecular complexity index is 1500. The first kappa shape index (κ1) is 32.9. The summed E-state index contributed by atoms with van der Waals surface area (Å²) in [5, 5.41) is 0.776. The van der Waals surface area contributed by atoms with E-state index in [0.29, 0.717) is 29.6 Å². The van der Waals surface area contributed by atoms with Crippen molar-refractivity contribution >= 4 is 126 Å². The average molecular weight is 718 g/mol. The van der Waals surface area contributed by atoms with Gasteiger partial charge in [-0.1, -0.05) is 105 Å². The van der Waals surface area contributed by atoms with Gasteiger partial charge in [0.2, 0.25) is 7.59 Å². The molecule has 3 rings (SSSR count). The van der Waals surface area contributed by atoms with Crippen molar-refractivity contribution in [3.8, 4) is 0 Å². The lowest BCUT2D eigenvalue weighted by Crippen LogP contribution is -2.36. The molecule has 0 amide bonds. The van der Waals surface area contributed by atoms with Gasteiger partial charge in [-0.15, -0.1) is 0 Å². The maximum Gasteiger partial charge on any atom is 0.282 e. The minimum Gasteiger partial charge on any atom is -0.286 e. The Morgan fingerprint density at radius 1 is 0.923 bits per heavy atom. The van der Waals surface area contributed by atoms with E-state index < -0.39 is 17.7 Å². The Morgan fingerprint density at radius 2 is 1.49 bits per heavy atom. The Balaban J connectivity index is 2.01. The Morgan fingerprint density at radius 3 is 2.03 bits per heavy atom. The number of aromatic nitrogens is 5. The summed E-state index contributed by atoms with van der Waals surface area (Å²) in [6.45, 7) is 3.02. The fourth-order valence-electron chi connectivity index (χ4n) is 3.66. The number of halogens is 8. The quantitative estimate of drug-likeness (QED) is 0.0810. The predicted molar refractivity (Wildman–Crippen MR) is 160 cm³/mol. The van der Waals surface area contributed by atoms with E-state index >= 15 is 0 Å². The maximum atomic E-state index is 11.1. The van der Waals surface area contributed by atoms with E-state index in [9.17, 15) is 8.42 Å². The number of unbranched alkanes of at least 4 members (excludes halogenated alkanes) is 1. The molecule has 3 aromatic rings. The molecule has 0 atom stereocenters. The summed E-state index contributed by atoms with van der Waals surface area (Å²) in [6, 6.07) is 3.52. The highest BCUT2D eigenvalue weighted by Gasteiger charge is 2.33. The summed E-state index contributed by atoms with van der Waals surface area (Å²) in [5.74, 6) is 0.107. The molecule has 0 saturated carbocycles. The van der Waals surface area contributed by atoms with Crippen LogP contribution in [-0.4, -0.2) is 38.2 Å². The van der Waals surface area contributed by atoms with Crippen molar-refractivity contribution in [3.63, 3.8) is 0 Å². The van der Waals surface area contributed by atoms with Crippen molar-refractivity contribution in [1.82, 2.24) is 19.5 Å². The molecule has 0 unspecified atom stereocenters. The van der Waals surface area contributed by atoms with Gasteiger partial charge >= 0.3 is 0 Å². The topological polar surface area (TPSA) is 102 Å². The molecule has 2 heterocycles. The van der Waals surface area contributed by atoms with Crippen LogP contribution < -0.4 is 4.57 Å². The summed E-state index contributed by atoms with van der Waals surface area (Å²) in [6.07, 6.45) is 7.46. The maximum absolute atomic E-state index is 11.1. The molecular weight excluding hydrogens is 698 g/mol. The standard InChI is InChI=1S/C22H19Cl8N5O3S/c1-2-34-15-11-13(23)14(24)12-16(15)35(9-5-6-10-39(36,37)38)18(34)8-4-3-7-17-31-19(21(25,26)27)33-20(32-17)22(28,29)30/h3-4,7-8,11-12H,2,5-6,9-10H2,1H3/p+1. The van der Waals surface area contributed by atoms with Gasteiger partial charge in [0.15, 0.2) is 28.5 Å². The largest absolute Gasteiger partial charge is 0.286 e. The number of rotatable bonds is 9. The lowest BCUT2D eigenvalue weighted by Gasteiger charge is -2.14.